The van der Waals surface area contributed by atoms with Crippen molar-refractivity contribution in [3.05, 3.63) is 136 Å². The minimum atomic E-state index is -0.541. The Balaban J connectivity index is 0.000000166. The number of likely N-dealkylation sites (N-methyl/N-ethyl adjacent to an activating group) is 2. The fraction of sp³-hybridized carbons (Fsp3) is 0.418. The number of benzene rings is 2. The van der Waals surface area contributed by atoms with Crippen LogP contribution in [0.2, 0.25) is 5.28 Å². The molecule has 0 aliphatic carbocycles. The summed E-state index contributed by atoms with van der Waals surface area (Å²) in [6.45, 7) is 28.9. The van der Waals surface area contributed by atoms with Crippen molar-refractivity contribution in [2.45, 2.75) is 87.0 Å². The fourth-order valence-electron chi connectivity index (χ4n) is 9.81. The summed E-state index contributed by atoms with van der Waals surface area (Å²) in [4.78, 5) is 43.4. The molecule has 0 atom stereocenters. The van der Waals surface area contributed by atoms with Gasteiger partial charge in [0.05, 0.1) is 29.8 Å². The Hall–Kier alpha value is -6.51. The van der Waals surface area contributed by atoms with E-state index in [0.29, 0.717) is 56.5 Å². The maximum atomic E-state index is 15.0. The van der Waals surface area contributed by atoms with Gasteiger partial charge in [-0.05, 0) is 114 Å². The number of hydrogen-bond acceptors (Lipinski definition) is 13. The lowest BCUT2D eigenvalue weighted by Crippen LogP contribution is -2.45. The highest BCUT2D eigenvalue weighted by Crippen LogP contribution is 2.33. The molecular weight excluding hydrogens is 982 g/mol. The largest absolute Gasteiger partial charge is 0.384 e. The van der Waals surface area contributed by atoms with Crippen LogP contribution in [-0.2, 0) is 19.5 Å². The monoisotopic (exact) mass is 1050 g/mol. The molecule has 75 heavy (non-hydrogen) atoms. The van der Waals surface area contributed by atoms with E-state index < -0.39 is 23.3 Å². The summed E-state index contributed by atoms with van der Waals surface area (Å²) in [7, 11) is 0. The second kappa shape index (κ2) is 24.4. The molecule has 0 bridgehead atoms. The maximum Gasteiger partial charge on any atom is 0.222 e. The maximum absolute atomic E-state index is 15.0. The van der Waals surface area contributed by atoms with Crippen LogP contribution in [0, 0.1) is 37.1 Å². The Labute approximate surface area is 440 Å². The summed E-state index contributed by atoms with van der Waals surface area (Å²) < 4.78 is 62.1. The van der Waals surface area contributed by atoms with Crippen LogP contribution in [0.3, 0.4) is 0 Å². The Kier molecular flexibility index (Phi) is 17.8. The highest BCUT2D eigenvalue weighted by atomic mass is 35.5. The van der Waals surface area contributed by atoms with E-state index in [2.05, 4.69) is 73.3 Å². The van der Waals surface area contributed by atoms with Gasteiger partial charge in [-0.15, -0.1) is 0 Å². The van der Waals surface area contributed by atoms with Gasteiger partial charge >= 0.3 is 0 Å². The van der Waals surface area contributed by atoms with Crippen molar-refractivity contribution in [1.82, 2.24) is 68.6 Å². The molecule has 0 saturated carbocycles. The van der Waals surface area contributed by atoms with Crippen LogP contribution in [0.5, 0.6) is 0 Å². The number of halogens is 5. The molecule has 15 nitrogen and oxygen atoms in total. The van der Waals surface area contributed by atoms with Gasteiger partial charge in [-0.2, -0.15) is 0 Å². The van der Waals surface area contributed by atoms with Crippen LogP contribution in [0.1, 0.15) is 87.9 Å². The van der Waals surface area contributed by atoms with Crippen molar-refractivity contribution < 1.29 is 17.6 Å². The van der Waals surface area contributed by atoms with Gasteiger partial charge in [-0.25, -0.2) is 52.4 Å². The molecule has 0 spiro atoms. The van der Waals surface area contributed by atoms with E-state index in [4.69, 9.17) is 17.3 Å². The zero-order valence-electron chi connectivity index (χ0n) is 44.0. The van der Waals surface area contributed by atoms with Gasteiger partial charge in [0, 0.05) is 130 Å². The average Bonchev–Trinajstić information content (AvgIpc) is 3.93. The highest BCUT2D eigenvalue weighted by molar-refractivity contribution is 6.28. The molecule has 2 aromatic carbocycles. The van der Waals surface area contributed by atoms with Crippen LogP contribution in [0.15, 0.2) is 73.6 Å². The molecule has 2 saturated heterocycles. The molecule has 6 aromatic heterocycles. The van der Waals surface area contributed by atoms with Gasteiger partial charge in [-0.3, -0.25) is 14.8 Å². The SMILES string of the molecule is CCN1CCN(Cc2cnc(Cc3cc(-c4cc(F)c5nc(C)n(C(C)C)c5c4)c(F)cn3)nc2)CC1.CCN1CCN(Cc2cnc(Cl)nc2)CC1.Cc1nc2c(F)cc(-c3cc(N)ncc3F)cc2n1C(C)C. The molecular formula is C55H66ClF4N15. The number of aromatic nitrogens is 10. The minimum absolute atomic E-state index is 0.0959. The molecule has 0 radical (unpaired) electrons. The normalized spacial score (nSPS) is 14.9. The molecule has 396 valence electrons. The summed E-state index contributed by atoms with van der Waals surface area (Å²) in [6.07, 6.45) is 9.91. The second-order valence-corrected chi connectivity index (χ2v) is 19.9. The van der Waals surface area contributed by atoms with E-state index in [1.807, 2.05) is 75.5 Å². The molecule has 0 unspecified atom stereocenters. The first kappa shape index (κ1) is 54.7. The van der Waals surface area contributed by atoms with Gasteiger partial charge in [0.25, 0.3) is 0 Å². The molecule has 2 N–H and O–H groups in total. The molecule has 0 amide bonds. The molecule has 2 fully saturated rings. The van der Waals surface area contributed by atoms with Crippen LogP contribution >= 0.6 is 11.6 Å². The van der Waals surface area contributed by atoms with Gasteiger partial charge in [-0.1, -0.05) is 13.8 Å². The van der Waals surface area contributed by atoms with E-state index >= 15 is 0 Å². The first-order valence-corrected chi connectivity index (χ1v) is 25.9. The second-order valence-electron chi connectivity index (χ2n) is 19.6. The summed E-state index contributed by atoms with van der Waals surface area (Å²) in [5.74, 6) is 0.240. The number of rotatable bonds is 12. The van der Waals surface area contributed by atoms with Crippen molar-refractivity contribution in [2.24, 2.45) is 0 Å². The third-order valence-electron chi connectivity index (χ3n) is 13.7. The highest BCUT2D eigenvalue weighted by Gasteiger charge is 2.21. The Morgan fingerprint density at radius 1 is 0.520 bits per heavy atom. The van der Waals surface area contributed by atoms with Crippen molar-refractivity contribution in [2.75, 3.05) is 71.2 Å². The Morgan fingerprint density at radius 3 is 1.37 bits per heavy atom. The summed E-state index contributed by atoms with van der Waals surface area (Å²) in [6, 6.07) is 9.42. The summed E-state index contributed by atoms with van der Waals surface area (Å²) >= 11 is 5.65. The number of nitrogens with zero attached hydrogens (tertiary/aromatic N) is 14. The summed E-state index contributed by atoms with van der Waals surface area (Å²) in [5, 5.41) is 0.319. The lowest BCUT2D eigenvalue weighted by atomic mass is 10.0. The average molecular weight is 1050 g/mol. The number of anilines is 1. The molecule has 8 heterocycles. The van der Waals surface area contributed by atoms with Crippen LogP contribution in [0.4, 0.5) is 23.4 Å². The molecule has 2 aliphatic heterocycles. The zero-order chi connectivity index (χ0) is 53.5. The predicted octanol–water partition coefficient (Wildman–Crippen LogP) is 9.90. The van der Waals surface area contributed by atoms with E-state index in [1.165, 1.54) is 24.4 Å². The van der Waals surface area contributed by atoms with Gasteiger partial charge < -0.3 is 24.7 Å². The number of nitrogens with two attached hydrogens (primary N) is 1. The molecule has 8 aromatic rings. The first-order chi connectivity index (χ1) is 36.0. The topological polar surface area (TPSA) is 152 Å². The number of pyridine rings is 2. The van der Waals surface area contributed by atoms with Crippen molar-refractivity contribution in [3.63, 3.8) is 0 Å². The number of piperazine rings is 2. The standard InChI is InChI=1S/C28H33F2N7.C16H16F2N4.C11H17ClN4/c1-5-35-6-8-36(9-7-35)17-20-14-32-27(33-15-20)13-22-12-23(25(30)16-31-22)21-10-24(29)28-26(11-21)37(18(2)3)19(4)34-28;1-8(2)22-9(3)21-16-12(17)4-10(5-14(16)22)11-6-15(19)20-7-13(11)18;1-2-15-3-5-16(6-4-15)9-10-7-13-11(12)14-8-10/h10-12,14-16,18H,5-9,13,17H2,1-4H3;4-8H,1-3H3,(H2,19,20);7-8H,2-6,9H2,1H3. The number of fused-ring (bicyclic) bond motifs is 2. The number of imidazole rings is 2. The fourth-order valence-corrected chi connectivity index (χ4v) is 9.91. The van der Waals surface area contributed by atoms with Crippen LogP contribution in [0.25, 0.3) is 44.3 Å². The Morgan fingerprint density at radius 2 is 0.933 bits per heavy atom. The van der Waals surface area contributed by atoms with Crippen molar-refractivity contribution >= 4 is 39.5 Å². The third kappa shape index (κ3) is 13.3. The van der Waals surface area contributed by atoms with E-state index in [9.17, 15) is 17.6 Å². The van der Waals surface area contributed by atoms with Crippen LogP contribution < -0.4 is 5.73 Å². The smallest absolute Gasteiger partial charge is 0.222 e. The number of aryl methyl sites for hydroxylation is 2. The van der Waals surface area contributed by atoms with E-state index in [-0.39, 0.29) is 29.0 Å². The quantitative estimate of drug-likeness (QED) is 0.0914. The van der Waals surface area contributed by atoms with Crippen molar-refractivity contribution in [3.8, 4) is 22.3 Å². The molecule has 20 heteroatoms. The van der Waals surface area contributed by atoms with Gasteiger partial charge in [0.2, 0.25) is 5.28 Å². The molecule has 10 rings (SSSR count). The first-order valence-electron chi connectivity index (χ1n) is 25.6. The lowest BCUT2D eigenvalue weighted by molar-refractivity contribution is 0.131. The van der Waals surface area contributed by atoms with Gasteiger partial charge in [0.1, 0.15) is 46.0 Å². The van der Waals surface area contributed by atoms with Gasteiger partial charge in [0.15, 0.2) is 11.6 Å². The van der Waals surface area contributed by atoms with E-state index in [1.54, 1.807) is 18.2 Å². The van der Waals surface area contributed by atoms with Crippen molar-refractivity contribution in [1.29, 1.82) is 0 Å². The zero-order valence-corrected chi connectivity index (χ0v) is 44.8. The predicted molar refractivity (Wildman–Crippen MR) is 287 cm³/mol. The number of hydrogen-bond donors (Lipinski definition) is 1. The number of nitrogen functional groups attached to an aromatic ring is 1. The van der Waals surface area contributed by atoms with E-state index in [0.717, 1.165) is 108 Å². The van der Waals surface area contributed by atoms with Crippen LogP contribution in [-0.4, -0.2) is 134 Å². The minimum Gasteiger partial charge on any atom is -0.384 e. The Bertz CT molecular complexity index is 3200. The summed E-state index contributed by atoms with van der Waals surface area (Å²) in [5.41, 5.74) is 11.7. The molecule has 2 aliphatic rings. The third-order valence-corrected chi connectivity index (χ3v) is 13.9. The lowest BCUT2D eigenvalue weighted by Gasteiger charge is -2.33.